The van der Waals surface area contributed by atoms with Gasteiger partial charge in [0.25, 0.3) is 0 Å². The Morgan fingerprint density at radius 3 is 2.88 bits per heavy atom. The van der Waals surface area contributed by atoms with Gasteiger partial charge in [0.05, 0.1) is 5.57 Å². The molecule has 0 atom stereocenters. The van der Waals surface area contributed by atoms with Crippen molar-refractivity contribution in [3.05, 3.63) is 46.9 Å². The minimum Gasteiger partial charge on any atom is -0.542 e. The number of nitrogens with zero attached hydrogens (tertiary/aromatic N) is 1. The maximum atomic E-state index is 11.7. The van der Waals surface area contributed by atoms with Crippen LogP contribution in [0.5, 0.6) is 0 Å². The number of allylic oxidation sites excluding steroid dienone is 1. The summed E-state index contributed by atoms with van der Waals surface area (Å²) in [4.78, 5) is 21.9. The zero-order valence-corrected chi connectivity index (χ0v) is 11.8. The number of rotatable bonds is 4. The van der Waals surface area contributed by atoms with E-state index in [2.05, 4.69) is 6.07 Å². The van der Waals surface area contributed by atoms with Crippen LogP contribution in [0, 0.1) is 17.4 Å². The van der Waals surface area contributed by atoms with Gasteiger partial charge in [-0.15, -0.1) is 12.4 Å². The van der Waals surface area contributed by atoms with Gasteiger partial charge in [0, 0.05) is 32.7 Å². The maximum absolute atomic E-state index is 11.7. The second kappa shape index (κ2) is 8.11. The van der Waals surface area contributed by atoms with Crippen molar-refractivity contribution in [2.75, 3.05) is 0 Å². The quantitative estimate of drug-likeness (QED) is 0.273. The fourth-order valence-corrected chi connectivity index (χ4v) is 1.16. The molecule has 1 aromatic rings. The van der Waals surface area contributed by atoms with Gasteiger partial charge in [0.1, 0.15) is 13.9 Å². The van der Waals surface area contributed by atoms with Crippen LogP contribution < -0.4 is 0 Å². The van der Waals surface area contributed by atoms with E-state index < -0.39 is 5.78 Å². The van der Waals surface area contributed by atoms with Crippen LogP contribution in [0.2, 0.25) is 0 Å². The van der Waals surface area contributed by atoms with Crippen molar-refractivity contribution in [2.45, 2.75) is 6.42 Å². The molecule has 1 aromatic carbocycles. The van der Waals surface area contributed by atoms with Gasteiger partial charge < -0.3 is 4.79 Å². The summed E-state index contributed by atoms with van der Waals surface area (Å²) in [6, 6.07) is 9.02. The van der Waals surface area contributed by atoms with Crippen LogP contribution in [-0.2, 0) is 43.9 Å². The average molecular weight is 296 g/mol. The molecule has 5 heteroatoms. The van der Waals surface area contributed by atoms with Crippen molar-refractivity contribution in [3.63, 3.8) is 0 Å². The van der Waals surface area contributed by atoms with Gasteiger partial charge in [0.2, 0.25) is 0 Å². The first kappa shape index (κ1) is 16.0. The monoisotopic (exact) mass is 296 g/mol. The summed E-state index contributed by atoms with van der Waals surface area (Å²) in [5, 5.41) is 8.64. The molecule has 0 heterocycles. The molecule has 0 spiro atoms. The largest absolute Gasteiger partial charge is 0.542 e. The first-order valence-electron chi connectivity index (χ1n) is 4.45. The number of hydrogen-bond donors (Lipinski definition) is 0. The Balaban J connectivity index is 0.00000256. The summed E-state index contributed by atoms with van der Waals surface area (Å²) in [6.45, 7) is 0. The van der Waals surface area contributed by atoms with Gasteiger partial charge in [-0.05, 0) is 0 Å². The minimum atomic E-state index is -0.467. The summed E-state index contributed by atoms with van der Waals surface area (Å²) in [5.74, 6) is 0.496. The van der Waals surface area contributed by atoms with Crippen molar-refractivity contribution < 1.29 is 42.3 Å². The van der Waals surface area contributed by atoms with E-state index in [0.717, 1.165) is 5.98 Å². The van der Waals surface area contributed by atoms with E-state index in [0.29, 0.717) is 11.1 Å². The first-order chi connectivity index (χ1) is 7.72. The molecule has 79 valence electrons. The summed E-state index contributed by atoms with van der Waals surface area (Å²) < 4.78 is 0. The van der Waals surface area contributed by atoms with Crippen LogP contribution in [0.25, 0.3) is 0 Å². The van der Waals surface area contributed by atoms with Gasteiger partial charge >= 0.3 is 0 Å². The molecule has 0 aromatic heterocycles. The molecule has 0 fully saturated rings. The summed E-state index contributed by atoms with van der Waals surface area (Å²) in [5.41, 5.74) is 0.727. The predicted molar refractivity (Wildman–Crippen MR) is 58.5 cm³/mol. The molecule has 0 N–H and O–H groups in total. The molecule has 0 aliphatic carbocycles. The molecular formula is C12H6BNO2Y-2. The average Bonchev–Trinajstić information content (AvgIpc) is 2.31. The molecule has 0 saturated heterocycles. The SMILES string of the molecule is [B]/C=C(\C#N)C(=O)c1cc[c-]c(C[C-]=O)c1.[Y]. The van der Waals surface area contributed by atoms with E-state index in [9.17, 15) is 9.59 Å². The Morgan fingerprint density at radius 2 is 2.35 bits per heavy atom. The zero-order chi connectivity index (χ0) is 12.0. The Kier molecular flexibility index (Phi) is 7.61. The Labute approximate surface area is 126 Å². The van der Waals surface area contributed by atoms with E-state index in [4.69, 9.17) is 13.1 Å². The molecule has 0 unspecified atom stereocenters. The number of carbonyl (C=O) groups excluding carboxylic acids is 2. The first-order valence-corrected chi connectivity index (χ1v) is 4.45. The number of carbonyl (C=O) groups is 1. The maximum Gasteiger partial charge on any atom is 0.178 e. The van der Waals surface area contributed by atoms with Gasteiger partial charge in [0.15, 0.2) is 5.78 Å². The molecule has 0 aliphatic rings. The molecule has 0 bridgehead atoms. The summed E-state index contributed by atoms with van der Waals surface area (Å²) in [6.07, 6.45) is 1.78. The van der Waals surface area contributed by atoms with Crippen molar-refractivity contribution in [3.8, 4) is 6.07 Å². The van der Waals surface area contributed by atoms with Crippen molar-refractivity contribution in [1.29, 1.82) is 5.26 Å². The fourth-order valence-electron chi connectivity index (χ4n) is 1.16. The zero-order valence-electron chi connectivity index (χ0n) is 8.93. The molecule has 3 nitrogen and oxygen atoms in total. The van der Waals surface area contributed by atoms with Crippen LogP contribution in [0.4, 0.5) is 0 Å². The third-order valence-electron chi connectivity index (χ3n) is 1.92. The number of hydrogen-bond acceptors (Lipinski definition) is 3. The van der Waals surface area contributed by atoms with Gasteiger partial charge in [-0.2, -0.15) is 35.1 Å². The standard InChI is InChI=1S/C12H6BNO2.Y/c13-7-11(8-14)12(16)10-3-1-2-9(6-10)4-5-15;/h1,3,6-7H,4H2;/q-2;/b11-7+;. The molecule has 17 heavy (non-hydrogen) atoms. The topological polar surface area (TPSA) is 57.9 Å². The smallest absolute Gasteiger partial charge is 0.178 e. The molecule has 0 saturated carbocycles. The summed E-state index contributed by atoms with van der Waals surface area (Å²) >= 11 is 0. The molecule has 0 aliphatic heterocycles. The van der Waals surface area contributed by atoms with Gasteiger partial charge in [-0.3, -0.25) is 11.1 Å². The third kappa shape index (κ3) is 4.38. The number of nitriles is 1. The minimum absolute atomic E-state index is 0. The van der Waals surface area contributed by atoms with Crippen molar-refractivity contribution >= 4 is 19.9 Å². The fraction of sp³-hybridized carbons (Fsp3) is 0.0833. The number of Topliss-reactive ketones (excluding diaryl/α,β-unsaturated/α-hetero) is 1. The molecule has 0 amide bonds. The van der Waals surface area contributed by atoms with E-state index in [-0.39, 0.29) is 44.7 Å². The van der Waals surface area contributed by atoms with E-state index in [1.54, 1.807) is 12.4 Å². The van der Waals surface area contributed by atoms with Gasteiger partial charge in [-0.1, -0.05) is 5.56 Å². The molecule has 1 rings (SSSR count). The number of ketones is 1. The third-order valence-corrected chi connectivity index (χ3v) is 1.92. The van der Waals surface area contributed by atoms with E-state index >= 15 is 0 Å². The van der Waals surface area contributed by atoms with E-state index in [1.165, 1.54) is 18.2 Å². The van der Waals surface area contributed by atoms with Crippen molar-refractivity contribution in [1.82, 2.24) is 0 Å². The van der Waals surface area contributed by atoms with Crippen LogP contribution in [0.1, 0.15) is 15.9 Å². The predicted octanol–water partition coefficient (Wildman–Crippen LogP) is 0.895. The van der Waals surface area contributed by atoms with Crippen LogP contribution in [0.3, 0.4) is 0 Å². The Morgan fingerprint density at radius 1 is 1.65 bits per heavy atom. The molecule has 3 radical (unpaired) electrons. The molecular weight excluding hydrogens is 290 g/mol. The Bertz CT molecular complexity index is 492. The van der Waals surface area contributed by atoms with E-state index in [1.807, 2.05) is 0 Å². The second-order valence-electron chi connectivity index (χ2n) is 2.94. The van der Waals surface area contributed by atoms with Crippen LogP contribution in [0.15, 0.2) is 29.7 Å². The van der Waals surface area contributed by atoms with Crippen LogP contribution in [-0.4, -0.2) is 19.9 Å². The van der Waals surface area contributed by atoms with Gasteiger partial charge in [-0.25, -0.2) is 0 Å². The normalized spacial score (nSPS) is 9.94. The van der Waals surface area contributed by atoms with Crippen LogP contribution >= 0.6 is 0 Å². The summed E-state index contributed by atoms with van der Waals surface area (Å²) in [7, 11) is 5.14. The Hall–Kier alpha value is -1.04. The second-order valence-corrected chi connectivity index (χ2v) is 2.94. The van der Waals surface area contributed by atoms with Crippen molar-refractivity contribution in [2.24, 2.45) is 0 Å². The number of benzene rings is 1.